The van der Waals surface area contributed by atoms with Crippen LogP contribution in [0.15, 0.2) is 53.8 Å². The summed E-state index contributed by atoms with van der Waals surface area (Å²) < 4.78 is 40.2. The Bertz CT molecular complexity index is 654. The summed E-state index contributed by atoms with van der Waals surface area (Å²) in [5.74, 6) is 0.585. The molecule has 1 aromatic heterocycles. The van der Waals surface area contributed by atoms with Crippen LogP contribution in [0.5, 0.6) is 0 Å². The number of guanidine groups is 1. The Morgan fingerprint density at radius 3 is 2.48 bits per heavy atom. The zero-order valence-electron chi connectivity index (χ0n) is 13.9. The highest BCUT2D eigenvalue weighted by Crippen LogP contribution is 2.29. The molecule has 0 saturated carbocycles. The summed E-state index contributed by atoms with van der Waals surface area (Å²) in [5.41, 5.74) is -0.131. The van der Waals surface area contributed by atoms with Crippen molar-refractivity contribution in [2.75, 3.05) is 13.1 Å². The van der Waals surface area contributed by atoms with Gasteiger partial charge in [0.2, 0.25) is 0 Å². The van der Waals surface area contributed by atoms with E-state index in [0.717, 1.165) is 18.7 Å². The Morgan fingerprint density at radius 1 is 1.12 bits per heavy atom. The number of rotatable bonds is 6. The van der Waals surface area contributed by atoms with Gasteiger partial charge in [0.25, 0.3) is 0 Å². The van der Waals surface area contributed by atoms with Gasteiger partial charge in [0.15, 0.2) is 5.96 Å². The third-order valence-electron chi connectivity index (χ3n) is 3.35. The van der Waals surface area contributed by atoms with Crippen LogP contribution in [0.4, 0.5) is 13.2 Å². The van der Waals surface area contributed by atoms with Crippen LogP contribution < -0.4 is 10.6 Å². The van der Waals surface area contributed by atoms with Gasteiger partial charge in [-0.25, -0.2) is 4.99 Å². The molecule has 25 heavy (non-hydrogen) atoms. The normalized spacial score (nSPS) is 11.8. The van der Waals surface area contributed by atoms with E-state index >= 15 is 0 Å². The summed E-state index contributed by atoms with van der Waals surface area (Å²) >= 11 is 0. The van der Waals surface area contributed by atoms with Crippen molar-refractivity contribution in [1.82, 2.24) is 15.2 Å². The van der Waals surface area contributed by atoms with E-state index in [1.165, 1.54) is 6.07 Å². The van der Waals surface area contributed by atoms with Crippen LogP contribution in [-0.2, 0) is 19.3 Å². The predicted octanol–water partition coefficient (Wildman–Crippen LogP) is 3.88. The second-order valence-electron chi connectivity index (χ2n) is 5.24. The molecule has 0 unspecified atom stereocenters. The molecule has 0 aliphatic carbocycles. The minimum Gasteiger partial charge on any atom is -0.357 e. The van der Waals surface area contributed by atoms with Gasteiger partial charge < -0.3 is 15.2 Å². The van der Waals surface area contributed by atoms with Gasteiger partial charge in [0.1, 0.15) is 0 Å². The molecule has 1 aromatic carbocycles. The van der Waals surface area contributed by atoms with E-state index in [2.05, 4.69) is 15.6 Å². The molecule has 4 nitrogen and oxygen atoms in total. The Balaban J connectivity index is 0.00000312. The van der Waals surface area contributed by atoms with Crippen molar-refractivity contribution in [2.24, 2.45) is 4.99 Å². The molecule has 0 saturated heterocycles. The SMILES string of the molecule is CCNC(=NCc1cccc(C(F)(F)F)c1)NCCn1cccc1.I. The van der Waals surface area contributed by atoms with Crippen molar-refractivity contribution in [2.45, 2.75) is 26.2 Å². The molecule has 0 fully saturated rings. The molecule has 0 aliphatic rings. The second kappa shape index (κ2) is 10.3. The molecule has 0 amide bonds. The lowest BCUT2D eigenvalue weighted by atomic mass is 10.1. The fourth-order valence-electron chi connectivity index (χ4n) is 2.18. The number of halogens is 4. The molecule has 0 spiro atoms. The van der Waals surface area contributed by atoms with Crippen LogP contribution in [0.3, 0.4) is 0 Å². The van der Waals surface area contributed by atoms with E-state index in [0.29, 0.717) is 24.6 Å². The number of nitrogens with one attached hydrogen (secondary N) is 2. The first-order valence-corrected chi connectivity index (χ1v) is 7.78. The summed E-state index contributed by atoms with van der Waals surface area (Å²) in [5, 5.41) is 6.26. The van der Waals surface area contributed by atoms with Gasteiger partial charge in [-0.2, -0.15) is 13.2 Å². The number of alkyl halides is 3. The van der Waals surface area contributed by atoms with Crippen LogP contribution in [0.25, 0.3) is 0 Å². The maximum absolute atomic E-state index is 12.7. The highest BCUT2D eigenvalue weighted by molar-refractivity contribution is 14.0. The fourth-order valence-corrected chi connectivity index (χ4v) is 2.18. The van der Waals surface area contributed by atoms with Crippen molar-refractivity contribution >= 4 is 29.9 Å². The number of aromatic nitrogens is 1. The van der Waals surface area contributed by atoms with Crippen LogP contribution in [0.1, 0.15) is 18.1 Å². The Morgan fingerprint density at radius 2 is 1.84 bits per heavy atom. The Hall–Kier alpha value is -1.71. The van der Waals surface area contributed by atoms with Gasteiger partial charge in [0, 0.05) is 32.0 Å². The summed E-state index contributed by atoms with van der Waals surface area (Å²) in [4.78, 5) is 4.34. The number of hydrogen-bond acceptors (Lipinski definition) is 1. The van der Waals surface area contributed by atoms with Gasteiger partial charge in [-0.15, -0.1) is 24.0 Å². The van der Waals surface area contributed by atoms with E-state index in [-0.39, 0.29) is 30.5 Å². The van der Waals surface area contributed by atoms with Crippen molar-refractivity contribution in [3.8, 4) is 0 Å². The molecule has 138 valence electrons. The van der Waals surface area contributed by atoms with Gasteiger partial charge in [-0.3, -0.25) is 0 Å². The largest absolute Gasteiger partial charge is 0.416 e. The van der Waals surface area contributed by atoms with Gasteiger partial charge >= 0.3 is 6.18 Å². The summed E-state index contributed by atoms with van der Waals surface area (Å²) in [7, 11) is 0. The van der Waals surface area contributed by atoms with Crippen LogP contribution in [0, 0.1) is 0 Å². The number of hydrogen-bond donors (Lipinski definition) is 2. The first-order valence-electron chi connectivity index (χ1n) is 7.78. The summed E-state index contributed by atoms with van der Waals surface area (Å²) in [6.07, 6.45) is -0.401. The number of benzene rings is 1. The lowest BCUT2D eigenvalue weighted by molar-refractivity contribution is -0.137. The van der Waals surface area contributed by atoms with E-state index in [9.17, 15) is 13.2 Å². The van der Waals surface area contributed by atoms with Gasteiger partial charge in [0.05, 0.1) is 12.1 Å². The monoisotopic (exact) mass is 466 g/mol. The molecule has 2 rings (SSSR count). The van der Waals surface area contributed by atoms with Gasteiger partial charge in [-0.1, -0.05) is 12.1 Å². The molecular formula is C17H22F3IN4. The fraction of sp³-hybridized carbons (Fsp3) is 0.353. The molecule has 2 N–H and O–H groups in total. The second-order valence-corrected chi connectivity index (χ2v) is 5.24. The maximum Gasteiger partial charge on any atom is 0.416 e. The predicted molar refractivity (Wildman–Crippen MR) is 104 cm³/mol. The smallest absolute Gasteiger partial charge is 0.357 e. The molecule has 0 aliphatic heterocycles. The van der Waals surface area contributed by atoms with Crippen molar-refractivity contribution in [3.63, 3.8) is 0 Å². The average Bonchev–Trinajstić information content (AvgIpc) is 3.05. The molecule has 0 atom stereocenters. The average molecular weight is 466 g/mol. The van der Waals surface area contributed by atoms with E-state index < -0.39 is 11.7 Å². The minimum atomic E-state index is -4.33. The first kappa shape index (κ1) is 21.3. The Kier molecular flexibility index (Phi) is 8.81. The summed E-state index contributed by atoms with van der Waals surface area (Å²) in [6, 6.07) is 9.14. The zero-order valence-corrected chi connectivity index (χ0v) is 16.2. The van der Waals surface area contributed by atoms with Crippen molar-refractivity contribution in [1.29, 1.82) is 0 Å². The Labute approximate surface area is 162 Å². The minimum absolute atomic E-state index is 0. The van der Waals surface area contributed by atoms with Crippen LogP contribution >= 0.6 is 24.0 Å². The quantitative estimate of drug-likeness (QED) is 0.386. The maximum atomic E-state index is 12.7. The molecule has 2 aromatic rings. The highest BCUT2D eigenvalue weighted by atomic mass is 127. The molecular weight excluding hydrogens is 444 g/mol. The molecule has 8 heteroatoms. The van der Waals surface area contributed by atoms with E-state index in [4.69, 9.17) is 0 Å². The molecule has 1 heterocycles. The van der Waals surface area contributed by atoms with E-state index in [1.807, 2.05) is 36.0 Å². The number of aliphatic imine (C=N–C) groups is 1. The summed E-state index contributed by atoms with van der Waals surface area (Å²) in [6.45, 7) is 4.25. The lowest BCUT2D eigenvalue weighted by Gasteiger charge is -2.12. The standard InChI is InChI=1S/C17H21F3N4.HI/c1-2-21-16(22-8-11-24-9-3-4-10-24)23-13-14-6-5-7-15(12-14)17(18,19)20;/h3-7,9-10,12H,2,8,11,13H2,1H3,(H2,21,22,23);1H. The van der Waals surface area contributed by atoms with Crippen molar-refractivity contribution in [3.05, 3.63) is 59.9 Å². The lowest BCUT2D eigenvalue weighted by Crippen LogP contribution is -2.38. The highest BCUT2D eigenvalue weighted by Gasteiger charge is 2.30. The van der Waals surface area contributed by atoms with Crippen LogP contribution in [0.2, 0.25) is 0 Å². The first-order chi connectivity index (χ1) is 11.5. The van der Waals surface area contributed by atoms with E-state index in [1.54, 1.807) is 6.07 Å². The van der Waals surface area contributed by atoms with Crippen LogP contribution in [-0.4, -0.2) is 23.6 Å². The third-order valence-corrected chi connectivity index (χ3v) is 3.35. The topological polar surface area (TPSA) is 41.4 Å². The third kappa shape index (κ3) is 7.37. The molecule has 0 radical (unpaired) electrons. The zero-order chi connectivity index (χ0) is 17.4. The molecule has 0 bridgehead atoms. The number of nitrogens with zero attached hydrogens (tertiary/aromatic N) is 2. The van der Waals surface area contributed by atoms with Crippen molar-refractivity contribution < 1.29 is 13.2 Å². The van der Waals surface area contributed by atoms with Gasteiger partial charge in [-0.05, 0) is 36.8 Å².